The zero-order valence-electron chi connectivity index (χ0n) is 11.0. The quantitative estimate of drug-likeness (QED) is 0.763. The molecular formula is C14H22N2O. The zero-order valence-corrected chi connectivity index (χ0v) is 11.0. The summed E-state index contributed by atoms with van der Waals surface area (Å²) in [6, 6.07) is 8.50. The average Bonchev–Trinajstić information content (AvgIpc) is 2.30. The Kier molecular flexibility index (Phi) is 5.70. The molecule has 17 heavy (non-hydrogen) atoms. The van der Waals surface area contributed by atoms with Crippen molar-refractivity contribution in [1.29, 1.82) is 0 Å². The molecule has 1 amide bonds. The Labute approximate surface area is 104 Å². The summed E-state index contributed by atoms with van der Waals surface area (Å²) < 4.78 is 0. The van der Waals surface area contributed by atoms with Crippen LogP contribution >= 0.6 is 0 Å². The number of nitrogens with one attached hydrogen (secondary N) is 1. The number of rotatable bonds is 6. The maximum absolute atomic E-state index is 11.3. The number of hydrogen-bond acceptors (Lipinski definition) is 2. The molecular weight excluding hydrogens is 212 g/mol. The molecule has 0 saturated heterocycles. The predicted molar refractivity (Wildman–Crippen MR) is 70.8 cm³/mol. The van der Waals surface area contributed by atoms with E-state index in [1.54, 1.807) is 19.0 Å². The normalized spacial score (nSPS) is 10.3. The zero-order chi connectivity index (χ0) is 12.7. The lowest BCUT2D eigenvalue weighted by Gasteiger charge is -2.10. The molecule has 0 aliphatic carbocycles. The lowest BCUT2D eigenvalue weighted by atomic mass is 10.1. The van der Waals surface area contributed by atoms with Crippen LogP contribution in [0.15, 0.2) is 24.3 Å². The van der Waals surface area contributed by atoms with Crippen LogP contribution < -0.4 is 5.32 Å². The molecule has 0 aliphatic heterocycles. The van der Waals surface area contributed by atoms with Gasteiger partial charge in [-0.2, -0.15) is 0 Å². The van der Waals surface area contributed by atoms with Crippen molar-refractivity contribution in [2.45, 2.75) is 26.3 Å². The van der Waals surface area contributed by atoms with Crippen molar-refractivity contribution in [1.82, 2.24) is 10.2 Å². The largest absolute Gasteiger partial charge is 0.349 e. The van der Waals surface area contributed by atoms with Crippen molar-refractivity contribution >= 4 is 5.91 Å². The Morgan fingerprint density at radius 3 is 2.47 bits per heavy atom. The van der Waals surface area contributed by atoms with Crippen molar-refractivity contribution in [3.8, 4) is 0 Å². The molecule has 0 radical (unpaired) electrons. The van der Waals surface area contributed by atoms with Crippen LogP contribution in [0.4, 0.5) is 0 Å². The smallest absolute Gasteiger partial charge is 0.222 e. The minimum atomic E-state index is 0.196. The standard InChI is InChI=1S/C14H22N2O/c1-12-6-8-13(9-7-12)11-15-10-4-5-14(17)16(2)3/h6-9,15H,4-5,10-11H2,1-3H3. The van der Waals surface area contributed by atoms with E-state index in [0.29, 0.717) is 6.42 Å². The first-order valence-electron chi connectivity index (χ1n) is 6.06. The summed E-state index contributed by atoms with van der Waals surface area (Å²) in [5, 5.41) is 3.34. The molecule has 0 spiro atoms. The number of aryl methyl sites for hydroxylation is 1. The van der Waals surface area contributed by atoms with Crippen molar-refractivity contribution in [3.63, 3.8) is 0 Å². The first-order chi connectivity index (χ1) is 8.09. The van der Waals surface area contributed by atoms with Crippen LogP contribution in [0.2, 0.25) is 0 Å². The molecule has 0 aliphatic rings. The van der Waals surface area contributed by atoms with Gasteiger partial charge in [-0.25, -0.2) is 0 Å². The van der Waals surface area contributed by atoms with Gasteiger partial charge in [0.2, 0.25) is 5.91 Å². The van der Waals surface area contributed by atoms with Crippen LogP contribution in [0.3, 0.4) is 0 Å². The summed E-state index contributed by atoms with van der Waals surface area (Å²) in [7, 11) is 3.59. The number of carbonyl (C=O) groups is 1. The summed E-state index contributed by atoms with van der Waals surface area (Å²) >= 11 is 0. The first kappa shape index (κ1) is 13.7. The molecule has 1 aromatic rings. The van der Waals surface area contributed by atoms with Gasteiger partial charge in [0, 0.05) is 27.1 Å². The van der Waals surface area contributed by atoms with Gasteiger partial charge in [0.05, 0.1) is 0 Å². The van der Waals surface area contributed by atoms with E-state index in [1.807, 2.05) is 0 Å². The third kappa shape index (κ3) is 5.50. The van der Waals surface area contributed by atoms with Gasteiger partial charge >= 0.3 is 0 Å². The van der Waals surface area contributed by atoms with Gasteiger partial charge in [0.1, 0.15) is 0 Å². The molecule has 0 saturated carbocycles. The lowest BCUT2D eigenvalue weighted by molar-refractivity contribution is -0.128. The van der Waals surface area contributed by atoms with Crippen molar-refractivity contribution in [2.24, 2.45) is 0 Å². The Bertz CT molecular complexity index is 344. The second-order valence-electron chi connectivity index (χ2n) is 4.55. The van der Waals surface area contributed by atoms with Crippen LogP contribution in [-0.4, -0.2) is 31.4 Å². The molecule has 1 N–H and O–H groups in total. The SMILES string of the molecule is Cc1ccc(CNCCCC(=O)N(C)C)cc1. The van der Waals surface area contributed by atoms with Crippen LogP contribution in [0, 0.1) is 6.92 Å². The number of hydrogen-bond donors (Lipinski definition) is 1. The van der Waals surface area contributed by atoms with E-state index in [1.165, 1.54) is 11.1 Å². The number of nitrogens with zero attached hydrogens (tertiary/aromatic N) is 1. The van der Waals surface area contributed by atoms with Gasteiger partial charge < -0.3 is 10.2 Å². The summed E-state index contributed by atoms with van der Waals surface area (Å²) in [6.07, 6.45) is 1.51. The molecule has 3 nitrogen and oxygen atoms in total. The minimum Gasteiger partial charge on any atom is -0.349 e. The highest BCUT2D eigenvalue weighted by Crippen LogP contribution is 2.02. The average molecular weight is 234 g/mol. The number of carbonyl (C=O) groups excluding carboxylic acids is 1. The van der Waals surface area contributed by atoms with Crippen molar-refractivity contribution in [2.75, 3.05) is 20.6 Å². The van der Waals surface area contributed by atoms with Crippen molar-refractivity contribution < 1.29 is 4.79 Å². The van der Waals surface area contributed by atoms with E-state index < -0.39 is 0 Å². The van der Waals surface area contributed by atoms with Crippen LogP contribution in [0.25, 0.3) is 0 Å². The lowest BCUT2D eigenvalue weighted by Crippen LogP contribution is -2.23. The summed E-state index contributed by atoms with van der Waals surface area (Å²) in [5.74, 6) is 0.196. The summed E-state index contributed by atoms with van der Waals surface area (Å²) in [4.78, 5) is 13.0. The molecule has 0 aromatic heterocycles. The maximum atomic E-state index is 11.3. The Morgan fingerprint density at radius 1 is 1.24 bits per heavy atom. The molecule has 1 aromatic carbocycles. The van der Waals surface area contributed by atoms with Gasteiger partial charge in [0.15, 0.2) is 0 Å². The molecule has 0 fully saturated rings. The number of amides is 1. The minimum absolute atomic E-state index is 0.196. The van der Waals surface area contributed by atoms with Gasteiger partial charge in [-0.1, -0.05) is 29.8 Å². The van der Waals surface area contributed by atoms with Gasteiger partial charge in [-0.15, -0.1) is 0 Å². The van der Waals surface area contributed by atoms with Gasteiger partial charge in [-0.05, 0) is 25.5 Å². The molecule has 0 heterocycles. The Balaban J connectivity index is 2.12. The van der Waals surface area contributed by atoms with Gasteiger partial charge in [0.25, 0.3) is 0 Å². The fourth-order valence-corrected chi connectivity index (χ4v) is 1.53. The van der Waals surface area contributed by atoms with Crippen LogP contribution in [0.5, 0.6) is 0 Å². The molecule has 1 rings (SSSR count). The molecule has 0 unspecified atom stereocenters. The second kappa shape index (κ2) is 7.07. The molecule has 94 valence electrons. The highest BCUT2D eigenvalue weighted by molar-refractivity contribution is 5.75. The fraction of sp³-hybridized carbons (Fsp3) is 0.500. The monoisotopic (exact) mass is 234 g/mol. The first-order valence-corrected chi connectivity index (χ1v) is 6.06. The van der Waals surface area contributed by atoms with Crippen LogP contribution in [0.1, 0.15) is 24.0 Å². The van der Waals surface area contributed by atoms with E-state index in [0.717, 1.165) is 19.5 Å². The Hall–Kier alpha value is -1.35. The maximum Gasteiger partial charge on any atom is 0.222 e. The molecule has 0 bridgehead atoms. The van der Waals surface area contributed by atoms with E-state index in [-0.39, 0.29) is 5.91 Å². The van der Waals surface area contributed by atoms with E-state index >= 15 is 0 Å². The molecule has 0 atom stereocenters. The van der Waals surface area contributed by atoms with Gasteiger partial charge in [-0.3, -0.25) is 4.79 Å². The number of benzene rings is 1. The van der Waals surface area contributed by atoms with E-state index in [2.05, 4.69) is 36.5 Å². The van der Waals surface area contributed by atoms with Crippen molar-refractivity contribution in [3.05, 3.63) is 35.4 Å². The molecule has 3 heteroatoms. The highest BCUT2D eigenvalue weighted by Gasteiger charge is 2.02. The van der Waals surface area contributed by atoms with Crippen LogP contribution in [-0.2, 0) is 11.3 Å². The fourth-order valence-electron chi connectivity index (χ4n) is 1.53. The third-order valence-electron chi connectivity index (χ3n) is 2.69. The summed E-state index contributed by atoms with van der Waals surface area (Å²) in [6.45, 7) is 3.84. The van der Waals surface area contributed by atoms with E-state index in [9.17, 15) is 4.79 Å². The highest BCUT2D eigenvalue weighted by atomic mass is 16.2. The van der Waals surface area contributed by atoms with E-state index in [4.69, 9.17) is 0 Å². The second-order valence-corrected chi connectivity index (χ2v) is 4.55. The topological polar surface area (TPSA) is 32.3 Å². The predicted octanol–water partition coefficient (Wildman–Crippen LogP) is 1.95. The Morgan fingerprint density at radius 2 is 1.88 bits per heavy atom. The third-order valence-corrected chi connectivity index (χ3v) is 2.69. The summed E-state index contributed by atoms with van der Waals surface area (Å²) in [5.41, 5.74) is 2.57.